The fourth-order valence-electron chi connectivity index (χ4n) is 0.307. The first-order valence-electron chi connectivity index (χ1n) is 2.08. The summed E-state index contributed by atoms with van der Waals surface area (Å²) in [4.78, 5) is 19.8. The van der Waals surface area contributed by atoms with Crippen LogP contribution in [0.5, 0.6) is 0 Å². The van der Waals surface area contributed by atoms with E-state index in [1.807, 2.05) is 0 Å². The van der Waals surface area contributed by atoms with Crippen LogP contribution in [-0.2, 0) is 14.0 Å². The van der Waals surface area contributed by atoms with Gasteiger partial charge in [0.2, 0.25) is 6.10 Å². The van der Waals surface area contributed by atoms with Gasteiger partial charge in [-0.2, -0.15) is 0 Å². The Morgan fingerprint density at radius 3 is 1.67 bits per heavy atom. The molecule has 5 nitrogen and oxygen atoms in total. The highest BCUT2D eigenvalue weighted by Crippen LogP contribution is 1.87. The fraction of sp³-hybridized carbons (Fsp3) is 0.333. The van der Waals surface area contributed by atoms with E-state index in [-0.39, 0.29) is 10.5 Å². The van der Waals surface area contributed by atoms with Crippen molar-refractivity contribution in [2.45, 2.75) is 6.10 Å². The van der Waals surface area contributed by atoms with Crippen LogP contribution in [0, 0.1) is 0 Å². The number of hydrogen-bond donors (Lipinski definition) is 2. The topological polar surface area (TPSA) is 83.8 Å². The lowest BCUT2D eigenvalue weighted by atomic mass is 10.4. The van der Waals surface area contributed by atoms with Crippen LogP contribution in [0.3, 0.4) is 0 Å². The van der Waals surface area contributed by atoms with Gasteiger partial charge in [0.15, 0.2) is 0 Å². The molecule has 0 fully saturated rings. The summed E-state index contributed by atoms with van der Waals surface area (Å²) in [6, 6.07) is 0. The molecule has 0 aromatic heterocycles. The summed E-state index contributed by atoms with van der Waals surface area (Å²) in [7, 11) is 0.106. The van der Waals surface area contributed by atoms with Gasteiger partial charge in [-0.15, -0.1) is 0 Å². The Morgan fingerprint density at radius 2 is 1.67 bits per heavy atom. The normalized spacial score (nSPS) is 9.89. The van der Waals surface area contributed by atoms with Crippen LogP contribution in [0.1, 0.15) is 0 Å². The monoisotopic (exact) mass is 150 g/mol. The van der Waals surface area contributed by atoms with E-state index >= 15 is 0 Å². The van der Waals surface area contributed by atoms with Gasteiger partial charge in [0.1, 0.15) is 10.5 Å². The van der Waals surface area contributed by atoms with E-state index < -0.39 is 18.0 Å². The summed E-state index contributed by atoms with van der Waals surface area (Å²) in [6.45, 7) is 0. The van der Waals surface area contributed by atoms with Gasteiger partial charge in [-0.05, 0) is 0 Å². The molecule has 0 atom stereocenters. The molecule has 0 unspecified atom stereocenters. The molecule has 0 rings (SSSR count). The molecule has 0 aliphatic heterocycles. The SMILES string of the molecule is O=C(O)C(O[SiH3])C(=O)O. The van der Waals surface area contributed by atoms with E-state index in [2.05, 4.69) is 4.43 Å². The Balaban J connectivity index is 3.99. The number of aliphatic carboxylic acids is 2. The van der Waals surface area contributed by atoms with Crippen molar-refractivity contribution in [3.63, 3.8) is 0 Å². The van der Waals surface area contributed by atoms with Gasteiger partial charge < -0.3 is 14.6 Å². The van der Waals surface area contributed by atoms with Gasteiger partial charge in [-0.25, -0.2) is 9.59 Å². The first-order chi connectivity index (χ1) is 4.09. The highest BCUT2D eigenvalue weighted by Gasteiger charge is 2.23. The minimum Gasteiger partial charge on any atom is -0.479 e. The van der Waals surface area contributed by atoms with Gasteiger partial charge >= 0.3 is 11.9 Å². The molecule has 0 saturated heterocycles. The van der Waals surface area contributed by atoms with Gasteiger partial charge in [-0.3, -0.25) is 0 Å². The maximum Gasteiger partial charge on any atom is 0.343 e. The molecule has 6 heteroatoms. The largest absolute Gasteiger partial charge is 0.479 e. The van der Waals surface area contributed by atoms with Crippen LogP contribution < -0.4 is 0 Å². The minimum absolute atomic E-state index is 0.106. The summed E-state index contributed by atoms with van der Waals surface area (Å²) < 4.78 is 4.21. The zero-order valence-corrected chi connectivity index (χ0v) is 6.70. The minimum atomic E-state index is -1.68. The smallest absolute Gasteiger partial charge is 0.343 e. The molecule has 0 bridgehead atoms. The van der Waals surface area contributed by atoms with Crippen LogP contribution in [0.15, 0.2) is 0 Å². The second kappa shape index (κ2) is 3.20. The second-order valence-corrected chi connectivity index (χ2v) is 1.76. The van der Waals surface area contributed by atoms with Crippen molar-refractivity contribution in [1.82, 2.24) is 0 Å². The fourth-order valence-corrected chi connectivity index (χ4v) is 0.711. The first kappa shape index (κ1) is 8.12. The maximum absolute atomic E-state index is 9.89. The zero-order valence-electron chi connectivity index (χ0n) is 4.70. The molecule has 2 N–H and O–H groups in total. The lowest BCUT2D eigenvalue weighted by molar-refractivity contribution is -0.158. The van der Waals surface area contributed by atoms with E-state index in [4.69, 9.17) is 10.2 Å². The van der Waals surface area contributed by atoms with Crippen molar-refractivity contribution in [1.29, 1.82) is 0 Å². The van der Waals surface area contributed by atoms with Crippen LogP contribution in [0.25, 0.3) is 0 Å². The van der Waals surface area contributed by atoms with E-state index in [1.165, 1.54) is 0 Å². The van der Waals surface area contributed by atoms with Crippen LogP contribution in [-0.4, -0.2) is 38.7 Å². The van der Waals surface area contributed by atoms with E-state index in [0.29, 0.717) is 0 Å². The quantitative estimate of drug-likeness (QED) is 0.353. The molecule has 0 heterocycles. The predicted molar refractivity (Wildman–Crippen MR) is 30.1 cm³/mol. The molecule has 0 saturated carbocycles. The first-order valence-corrected chi connectivity index (χ1v) is 2.89. The van der Waals surface area contributed by atoms with Gasteiger partial charge in [0.05, 0.1) is 0 Å². The summed E-state index contributed by atoms with van der Waals surface area (Å²) in [5.41, 5.74) is 0. The van der Waals surface area contributed by atoms with Crippen LogP contribution in [0.4, 0.5) is 0 Å². The van der Waals surface area contributed by atoms with Crippen molar-refractivity contribution in [2.24, 2.45) is 0 Å². The number of carbonyl (C=O) groups is 2. The van der Waals surface area contributed by atoms with Crippen molar-refractivity contribution >= 4 is 22.4 Å². The summed E-state index contributed by atoms with van der Waals surface area (Å²) in [5.74, 6) is -2.92. The molecular formula is C3H6O5Si. The summed E-state index contributed by atoms with van der Waals surface area (Å²) >= 11 is 0. The standard InChI is InChI=1S/C3H6O5Si/c4-2(5)1(8-9)3(6)7/h1H,9H3,(H,4,5)(H,6,7). The van der Waals surface area contributed by atoms with Gasteiger partial charge in [-0.1, -0.05) is 0 Å². The average Bonchev–Trinajstić information content (AvgIpc) is 1.64. The summed E-state index contributed by atoms with van der Waals surface area (Å²) in [6.07, 6.45) is -1.68. The molecule has 52 valence electrons. The molecule has 0 aliphatic carbocycles. The number of carboxylic acids is 2. The molecule has 0 amide bonds. The van der Waals surface area contributed by atoms with Gasteiger partial charge in [0.25, 0.3) is 0 Å². The molecule has 0 aromatic carbocycles. The molecule has 0 aliphatic rings. The Labute approximate surface area is 53.8 Å². The highest BCUT2D eigenvalue weighted by molar-refractivity contribution is 6.04. The summed E-state index contributed by atoms with van der Waals surface area (Å²) in [5, 5.41) is 16.1. The van der Waals surface area contributed by atoms with Crippen molar-refractivity contribution in [3.05, 3.63) is 0 Å². The molecule has 0 aromatic rings. The average molecular weight is 150 g/mol. The third-order valence-electron chi connectivity index (χ3n) is 0.684. The lowest BCUT2D eigenvalue weighted by Crippen LogP contribution is -2.31. The molecular weight excluding hydrogens is 144 g/mol. The van der Waals surface area contributed by atoms with Crippen LogP contribution >= 0.6 is 0 Å². The third kappa shape index (κ3) is 2.24. The zero-order chi connectivity index (χ0) is 7.44. The Bertz CT molecular complexity index is 118. The van der Waals surface area contributed by atoms with E-state index in [9.17, 15) is 9.59 Å². The van der Waals surface area contributed by atoms with Crippen molar-refractivity contribution in [2.75, 3.05) is 0 Å². The number of hydrogen-bond acceptors (Lipinski definition) is 3. The predicted octanol–water partition coefficient (Wildman–Crippen LogP) is -2.18. The second-order valence-electron chi connectivity index (χ2n) is 1.29. The maximum atomic E-state index is 9.89. The molecule has 9 heavy (non-hydrogen) atoms. The van der Waals surface area contributed by atoms with Crippen LogP contribution in [0.2, 0.25) is 0 Å². The Morgan fingerprint density at radius 1 is 1.33 bits per heavy atom. The van der Waals surface area contributed by atoms with E-state index in [0.717, 1.165) is 0 Å². The highest BCUT2D eigenvalue weighted by atomic mass is 28.2. The van der Waals surface area contributed by atoms with E-state index in [1.54, 1.807) is 0 Å². The Kier molecular flexibility index (Phi) is 2.89. The lowest BCUT2D eigenvalue weighted by Gasteiger charge is -2.02. The third-order valence-corrected chi connectivity index (χ3v) is 1.16. The van der Waals surface area contributed by atoms with Gasteiger partial charge in [0, 0.05) is 0 Å². The number of rotatable bonds is 3. The molecule has 0 spiro atoms. The van der Waals surface area contributed by atoms with Crippen molar-refractivity contribution in [3.8, 4) is 0 Å². The number of carboxylic acid groups (broad SMARTS) is 2. The molecule has 0 radical (unpaired) electrons. The Hall–Kier alpha value is -0.883. The van der Waals surface area contributed by atoms with Crippen molar-refractivity contribution < 1.29 is 24.2 Å².